The van der Waals surface area contributed by atoms with Crippen molar-refractivity contribution in [1.29, 1.82) is 0 Å². The molecule has 1 unspecified atom stereocenters. The van der Waals surface area contributed by atoms with Gasteiger partial charge in [0.05, 0.1) is 49.2 Å². The second kappa shape index (κ2) is 13.2. The Balaban J connectivity index is 1.54. The minimum Gasteiger partial charge on any atom is -0.495 e. The maximum atomic E-state index is 12.1. The first kappa shape index (κ1) is 29.4. The van der Waals surface area contributed by atoms with Gasteiger partial charge >= 0.3 is 0 Å². The maximum Gasteiger partial charge on any atom is 0.155 e. The van der Waals surface area contributed by atoms with Gasteiger partial charge in [-0.25, -0.2) is 9.97 Å². The number of rotatable bonds is 11. The van der Waals surface area contributed by atoms with Crippen molar-refractivity contribution in [2.24, 2.45) is 11.8 Å². The molecule has 0 saturated carbocycles. The van der Waals surface area contributed by atoms with Crippen molar-refractivity contribution < 1.29 is 23.7 Å². The number of fused-ring (bicyclic) bond motifs is 1. The Kier molecular flexibility index (Phi) is 9.49. The highest BCUT2D eigenvalue weighted by molar-refractivity contribution is 6.41. The highest BCUT2D eigenvalue weighted by Gasteiger charge is 2.28. The maximum absolute atomic E-state index is 12.1. The number of hydrogen-bond acceptors (Lipinski definition) is 9. The van der Waals surface area contributed by atoms with Gasteiger partial charge in [0, 0.05) is 60.7 Å². The van der Waals surface area contributed by atoms with E-state index in [9.17, 15) is 4.79 Å². The standard InChI is InChI=1S/C30H34Cl2N4O5/c1-4-20(37)9-18-6-8-41-16-23(18)35-26-11-21-19(14-33-26)10-22(36-30(21)34-13-17-5-7-40-15-17)27-28(31)24(38-2)12-25(39-3)29(27)32/h4,10-12,14,17-18,23H,1,5-9,13,15-16H2,2-3H3,(H,33,35)(H,34,36)/t17?,18-,23-/m1/s1. The number of carbonyl (C=O) groups excluding carboxylic acids is 1. The molecule has 0 aliphatic carbocycles. The van der Waals surface area contributed by atoms with Crippen LogP contribution in [0.25, 0.3) is 22.0 Å². The predicted molar refractivity (Wildman–Crippen MR) is 162 cm³/mol. The number of ether oxygens (including phenoxy) is 4. The Labute approximate surface area is 249 Å². The number of nitrogens with one attached hydrogen (secondary N) is 2. The quantitative estimate of drug-likeness (QED) is 0.255. The van der Waals surface area contributed by atoms with Crippen LogP contribution in [0.5, 0.6) is 11.5 Å². The molecule has 3 atom stereocenters. The normalized spacial score (nSPS) is 20.5. The number of carbonyl (C=O) groups is 1. The third-order valence-electron chi connectivity index (χ3n) is 7.65. The lowest BCUT2D eigenvalue weighted by molar-refractivity contribution is -0.116. The molecule has 2 saturated heterocycles. The van der Waals surface area contributed by atoms with Crippen molar-refractivity contribution in [2.75, 3.05) is 57.8 Å². The summed E-state index contributed by atoms with van der Waals surface area (Å²) in [5.74, 6) is 2.73. The zero-order valence-corrected chi connectivity index (χ0v) is 24.7. The van der Waals surface area contributed by atoms with E-state index in [0.29, 0.717) is 83.1 Å². The second-order valence-corrected chi connectivity index (χ2v) is 11.0. The number of anilines is 2. The van der Waals surface area contributed by atoms with E-state index in [-0.39, 0.29) is 17.7 Å². The highest BCUT2D eigenvalue weighted by atomic mass is 35.5. The molecule has 2 aliphatic rings. The average Bonchev–Trinajstić information content (AvgIpc) is 3.51. The Bertz CT molecular complexity index is 1400. The number of hydrogen-bond donors (Lipinski definition) is 2. The van der Waals surface area contributed by atoms with Gasteiger partial charge in [0.2, 0.25) is 0 Å². The van der Waals surface area contributed by atoms with Crippen LogP contribution in [-0.4, -0.2) is 69.0 Å². The lowest BCUT2D eigenvalue weighted by Crippen LogP contribution is -2.39. The first-order chi connectivity index (χ1) is 19.9. The number of halogens is 2. The molecule has 0 amide bonds. The van der Waals surface area contributed by atoms with Gasteiger partial charge in [-0.3, -0.25) is 4.79 Å². The van der Waals surface area contributed by atoms with Gasteiger partial charge in [-0.2, -0.15) is 0 Å². The van der Waals surface area contributed by atoms with E-state index in [2.05, 4.69) is 17.2 Å². The minimum atomic E-state index is -0.0567. The first-order valence-electron chi connectivity index (χ1n) is 13.6. The van der Waals surface area contributed by atoms with Gasteiger partial charge in [0.1, 0.15) is 23.1 Å². The molecule has 2 aliphatic heterocycles. The topological polar surface area (TPSA) is 104 Å². The van der Waals surface area contributed by atoms with Crippen molar-refractivity contribution in [1.82, 2.24) is 9.97 Å². The Hall–Kier alpha value is -3.11. The third-order valence-corrected chi connectivity index (χ3v) is 8.40. The van der Waals surface area contributed by atoms with Crippen LogP contribution in [0.3, 0.4) is 0 Å². The fourth-order valence-corrected chi connectivity index (χ4v) is 6.00. The third kappa shape index (κ3) is 6.54. The number of allylic oxidation sites excluding steroid dienone is 1. The molecule has 2 N–H and O–H groups in total. The molecule has 4 heterocycles. The van der Waals surface area contributed by atoms with Crippen LogP contribution < -0.4 is 20.1 Å². The predicted octanol–water partition coefficient (Wildman–Crippen LogP) is 6.03. The average molecular weight is 602 g/mol. The van der Waals surface area contributed by atoms with E-state index in [1.807, 2.05) is 12.1 Å². The van der Waals surface area contributed by atoms with E-state index in [4.69, 9.17) is 52.1 Å². The van der Waals surface area contributed by atoms with Gasteiger partial charge in [-0.15, -0.1) is 0 Å². The number of aromatic nitrogens is 2. The molecule has 218 valence electrons. The van der Waals surface area contributed by atoms with Crippen molar-refractivity contribution in [2.45, 2.75) is 25.3 Å². The fourth-order valence-electron chi connectivity index (χ4n) is 5.30. The van der Waals surface area contributed by atoms with E-state index < -0.39 is 0 Å². The summed E-state index contributed by atoms with van der Waals surface area (Å²) in [6.45, 7) is 6.90. The largest absolute Gasteiger partial charge is 0.495 e. The van der Waals surface area contributed by atoms with Crippen molar-refractivity contribution in [3.05, 3.63) is 47.1 Å². The smallest absolute Gasteiger partial charge is 0.155 e. The number of methoxy groups -OCH3 is 2. The van der Waals surface area contributed by atoms with Crippen LogP contribution in [-0.2, 0) is 14.3 Å². The van der Waals surface area contributed by atoms with Gasteiger partial charge in [-0.05, 0) is 37.0 Å². The molecule has 0 spiro atoms. The summed E-state index contributed by atoms with van der Waals surface area (Å²) in [6, 6.07) is 5.46. The molecule has 0 radical (unpaired) electrons. The van der Waals surface area contributed by atoms with Crippen LogP contribution in [0, 0.1) is 11.8 Å². The molecule has 2 aromatic heterocycles. The van der Waals surface area contributed by atoms with Crippen molar-refractivity contribution in [3.63, 3.8) is 0 Å². The van der Waals surface area contributed by atoms with Crippen LogP contribution in [0.15, 0.2) is 37.1 Å². The monoisotopic (exact) mass is 600 g/mol. The molecule has 2 fully saturated rings. The number of nitrogens with zero attached hydrogens (tertiary/aromatic N) is 2. The van der Waals surface area contributed by atoms with Crippen LogP contribution in [0.2, 0.25) is 10.0 Å². The van der Waals surface area contributed by atoms with E-state index >= 15 is 0 Å². The Morgan fingerprint density at radius 3 is 2.51 bits per heavy atom. The summed E-state index contributed by atoms with van der Waals surface area (Å²) in [5.41, 5.74) is 1.07. The summed E-state index contributed by atoms with van der Waals surface area (Å²) < 4.78 is 22.3. The van der Waals surface area contributed by atoms with Gasteiger partial charge in [-0.1, -0.05) is 29.8 Å². The molecule has 1 aromatic carbocycles. The lowest BCUT2D eigenvalue weighted by atomic mass is 9.89. The van der Waals surface area contributed by atoms with Gasteiger partial charge < -0.3 is 29.6 Å². The number of pyridine rings is 2. The molecule has 0 bridgehead atoms. The van der Waals surface area contributed by atoms with Gasteiger partial charge in [0.25, 0.3) is 0 Å². The zero-order valence-electron chi connectivity index (χ0n) is 23.2. The Morgan fingerprint density at radius 2 is 1.83 bits per heavy atom. The van der Waals surface area contributed by atoms with Crippen molar-refractivity contribution in [3.8, 4) is 22.8 Å². The molecule has 5 rings (SSSR count). The lowest BCUT2D eigenvalue weighted by Gasteiger charge is -2.32. The summed E-state index contributed by atoms with van der Waals surface area (Å²) >= 11 is 13.5. The SMILES string of the molecule is C=CC(=O)C[C@H]1CCOC[C@H]1Nc1cc2c(NCC3CCOC3)nc(-c3c(Cl)c(OC)cc(OC)c3Cl)cc2cn1. The van der Waals surface area contributed by atoms with E-state index in [1.54, 1.807) is 12.3 Å². The summed E-state index contributed by atoms with van der Waals surface area (Å²) in [4.78, 5) is 21.8. The van der Waals surface area contributed by atoms with E-state index in [0.717, 1.165) is 30.2 Å². The van der Waals surface area contributed by atoms with E-state index in [1.165, 1.54) is 20.3 Å². The molecule has 3 aromatic rings. The van der Waals surface area contributed by atoms with Crippen LogP contribution >= 0.6 is 23.2 Å². The van der Waals surface area contributed by atoms with Gasteiger partial charge in [0.15, 0.2) is 5.78 Å². The summed E-state index contributed by atoms with van der Waals surface area (Å²) in [6.07, 6.45) is 5.37. The Morgan fingerprint density at radius 1 is 1.10 bits per heavy atom. The molecule has 41 heavy (non-hydrogen) atoms. The number of benzene rings is 1. The first-order valence-corrected chi connectivity index (χ1v) is 14.4. The highest BCUT2D eigenvalue weighted by Crippen LogP contribution is 2.46. The van der Waals surface area contributed by atoms with Crippen LogP contribution in [0.1, 0.15) is 19.3 Å². The molecular formula is C30H34Cl2N4O5. The second-order valence-electron chi connectivity index (χ2n) is 10.3. The van der Waals surface area contributed by atoms with Crippen molar-refractivity contribution >= 4 is 51.4 Å². The molecular weight excluding hydrogens is 567 g/mol. The molecule has 9 nitrogen and oxygen atoms in total. The minimum absolute atomic E-state index is 0.0285. The number of ketones is 1. The summed E-state index contributed by atoms with van der Waals surface area (Å²) in [7, 11) is 3.08. The van der Waals surface area contributed by atoms with Crippen LogP contribution in [0.4, 0.5) is 11.6 Å². The fraction of sp³-hybridized carbons (Fsp3) is 0.433. The summed E-state index contributed by atoms with van der Waals surface area (Å²) in [5, 5.41) is 9.43. The molecule has 11 heteroatoms. The zero-order chi connectivity index (χ0) is 28.9.